The van der Waals surface area contributed by atoms with E-state index in [4.69, 9.17) is 0 Å². The Labute approximate surface area is 95.2 Å². The highest BCUT2D eigenvalue weighted by Gasteiger charge is 2.32. The summed E-state index contributed by atoms with van der Waals surface area (Å²) >= 11 is 0. The molecule has 1 aliphatic rings. The second-order valence-electron chi connectivity index (χ2n) is 4.00. The third kappa shape index (κ3) is 3.16. The van der Waals surface area contributed by atoms with Crippen LogP contribution in [0.25, 0.3) is 0 Å². The highest BCUT2D eigenvalue weighted by atomic mass is 32.2. The Morgan fingerprint density at radius 1 is 1.62 bits per heavy atom. The van der Waals surface area contributed by atoms with E-state index in [0.717, 1.165) is 0 Å². The minimum Gasteiger partial charge on any atom is -0.469 e. The maximum absolute atomic E-state index is 11.8. The fourth-order valence-electron chi connectivity index (χ4n) is 1.65. The third-order valence-corrected chi connectivity index (χ3v) is 4.62. The topological polar surface area (TPSA) is 83.9 Å². The molecule has 1 rings (SSSR count). The number of nitrogens with zero attached hydrogens (tertiary/aromatic N) is 1. The molecule has 94 valence electrons. The van der Waals surface area contributed by atoms with Gasteiger partial charge in [0, 0.05) is 13.1 Å². The van der Waals surface area contributed by atoms with Gasteiger partial charge in [-0.2, -0.15) is 4.31 Å². The summed E-state index contributed by atoms with van der Waals surface area (Å²) in [4.78, 5) is 11.1. The van der Waals surface area contributed by atoms with E-state index in [2.05, 4.69) is 4.74 Å². The quantitative estimate of drug-likeness (QED) is 0.661. The summed E-state index contributed by atoms with van der Waals surface area (Å²) < 4.78 is 29.3. The lowest BCUT2D eigenvalue weighted by Crippen LogP contribution is -2.35. The minimum atomic E-state index is -3.47. The highest BCUT2D eigenvalue weighted by molar-refractivity contribution is 7.89. The third-order valence-electron chi connectivity index (χ3n) is 2.58. The monoisotopic (exact) mass is 251 g/mol. The van der Waals surface area contributed by atoms with Gasteiger partial charge < -0.3 is 9.84 Å². The summed E-state index contributed by atoms with van der Waals surface area (Å²) in [6.07, 6.45) is -0.144. The smallest absolute Gasteiger partial charge is 0.309 e. The average Bonchev–Trinajstić information content (AvgIpc) is 2.63. The number of aliphatic hydroxyl groups is 1. The Kier molecular flexibility index (Phi) is 4.28. The second-order valence-corrected chi connectivity index (χ2v) is 6.02. The fourth-order valence-corrected chi connectivity index (χ4v) is 3.42. The first-order valence-corrected chi connectivity index (χ1v) is 6.71. The lowest BCUT2D eigenvalue weighted by molar-refractivity contribution is -0.144. The van der Waals surface area contributed by atoms with Crippen LogP contribution in [0, 0.1) is 5.92 Å². The number of hydrogen-bond acceptors (Lipinski definition) is 5. The molecule has 1 saturated heterocycles. The molecule has 0 aliphatic carbocycles. The number of methoxy groups -OCH3 is 1. The number of carbonyl (C=O) groups is 1. The Bertz CT molecular complexity index is 353. The largest absolute Gasteiger partial charge is 0.469 e. The summed E-state index contributed by atoms with van der Waals surface area (Å²) in [6.45, 7) is 1.95. The molecule has 1 aliphatic heterocycles. The van der Waals surface area contributed by atoms with Gasteiger partial charge in [-0.05, 0) is 6.42 Å². The van der Waals surface area contributed by atoms with Crippen molar-refractivity contribution in [3.05, 3.63) is 0 Å². The molecule has 6 nitrogen and oxygen atoms in total. The number of esters is 1. The predicted molar refractivity (Wildman–Crippen MR) is 57.2 cm³/mol. The van der Waals surface area contributed by atoms with Crippen LogP contribution in [0.3, 0.4) is 0 Å². The SMILES string of the molecule is COC(=O)C(C)CS(=O)(=O)N1CC[C@@H](O)C1. The van der Waals surface area contributed by atoms with Gasteiger partial charge in [0.1, 0.15) is 0 Å². The predicted octanol–water partition coefficient (Wildman–Crippen LogP) is -0.808. The Balaban J connectivity index is 2.62. The van der Waals surface area contributed by atoms with Crippen molar-refractivity contribution in [1.29, 1.82) is 0 Å². The number of carbonyl (C=O) groups excluding carboxylic acids is 1. The van der Waals surface area contributed by atoms with E-state index >= 15 is 0 Å². The van der Waals surface area contributed by atoms with E-state index in [-0.39, 0.29) is 12.3 Å². The van der Waals surface area contributed by atoms with E-state index in [1.807, 2.05) is 0 Å². The van der Waals surface area contributed by atoms with Crippen molar-refractivity contribution >= 4 is 16.0 Å². The van der Waals surface area contributed by atoms with E-state index in [1.54, 1.807) is 0 Å². The lowest BCUT2D eigenvalue weighted by atomic mass is 10.2. The zero-order chi connectivity index (χ0) is 12.3. The summed E-state index contributed by atoms with van der Waals surface area (Å²) in [7, 11) is -2.25. The molecule has 0 aromatic heterocycles. The van der Waals surface area contributed by atoms with Crippen molar-refractivity contribution in [1.82, 2.24) is 4.31 Å². The van der Waals surface area contributed by atoms with Gasteiger partial charge >= 0.3 is 5.97 Å². The fraction of sp³-hybridized carbons (Fsp3) is 0.889. The summed E-state index contributed by atoms with van der Waals surface area (Å²) in [6, 6.07) is 0. The van der Waals surface area contributed by atoms with Gasteiger partial charge in [-0.1, -0.05) is 6.92 Å². The summed E-state index contributed by atoms with van der Waals surface area (Å²) in [5.41, 5.74) is 0. The zero-order valence-electron chi connectivity index (χ0n) is 9.42. The number of rotatable bonds is 4. The maximum atomic E-state index is 11.8. The van der Waals surface area contributed by atoms with Crippen LogP contribution in [0.15, 0.2) is 0 Å². The van der Waals surface area contributed by atoms with E-state index in [9.17, 15) is 18.3 Å². The first-order valence-electron chi connectivity index (χ1n) is 5.10. The summed E-state index contributed by atoms with van der Waals surface area (Å²) in [5, 5.41) is 9.25. The molecule has 1 heterocycles. The average molecular weight is 251 g/mol. The molecule has 0 aromatic carbocycles. The normalized spacial score (nSPS) is 24.3. The Morgan fingerprint density at radius 2 is 2.25 bits per heavy atom. The van der Waals surface area contributed by atoms with Crippen molar-refractivity contribution in [2.75, 3.05) is 26.0 Å². The molecule has 0 saturated carbocycles. The molecule has 0 amide bonds. The molecule has 0 bridgehead atoms. The van der Waals surface area contributed by atoms with E-state index in [1.165, 1.54) is 18.3 Å². The maximum Gasteiger partial charge on any atom is 0.309 e. The van der Waals surface area contributed by atoms with Gasteiger partial charge in [-0.3, -0.25) is 4.79 Å². The van der Waals surface area contributed by atoms with Gasteiger partial charge in [0.25, 0.3) is 0 Å². The van der Waals surface area contributed by atoms with Crippen molar-refractivity contribution < 1.29 is 23.1 Å². The molecule has 0 radical (unpaired) electrons. The molecule has 1 N–H and O–H groups in total. The molecule has 7 heteroatoms. The van der Waals surface area contributed by atoms with Crippen molar-refractivity contribution in [3.63, 3.8) is 0 Å². The molecule has 1 fully saturated rings. The van der Waals surface area contributed by atoms with Gasteiger partial charge in [0.05, 0.1) is 24.9 Å². The van der Waals surface area contributed by atoms with Crippen molar-refractivity contribution in [2.45, 2.75) is 19.4 Å². The van der Waals surface area contributed by atoms with Crippen molar-refractivity contribution in [3.8, 4) is 0 Å². The highest BCUT2D eigenvalue weighted by Crippen LogP contribution is 2.16. The number of hydrogen-bond donors (Lipinski definition) is 1. The van der Waals surface area contributed by atoms with Crippen LogP contribution < -0.4 is 0 Å². The Hall–Kier alpha value is -0.660. The summed E-state index contributed by atoms with van der Waals surface area (Å²) in [5.74, 6) is -1.50. The molecule has 2 atom stereocenters. The van der Waals surface area contributed by atoms with Crippen LogP contribution in [0.4, 0.5) is 0 Å². The first kappa shape index (κ1) is 13.4. The number of ether oxygens (including phenoxy) is 1. The van der Waals surface area contributed by atoms with Crippen LogP contribution >= 0.6 is 0 Å². The molecule has 0 spiro atoms. The van der Waals surface area contributed by atoms with Crippen LogP contribution in [0.1, 0.15) is 13.3 Å². The van der Waals surface area contributed by atoms with Crippen LogP contribution in [0.2, 0.25) is 0 Å². The standard InChI is InChI=1S/C9H17NO5S/c1-7(9(12)15-2)6-16(13,14)10-4-3-8(11)5-10/h7-8,11H,3-6H2,1-2H3/t7?,8-/m1/s1. The van der Waals surface area contributed by atoms with Crippen molar-refractivity contribution in [2.24, 2.45) is 5.92 Å². The van der Waals surface area contributed by atoms with Gasteiger partial charge in [0.15, 0.2) is 0 Å². The zero-order valence-corrected chi connectivity index (χ0v) is 10.2. The lowest BCUT2D eigenvalue weighted by Gasteiger charge is -2.17. The van der Waals surface area contributed by atoms with Crippen LogP contribution in [-0.2, 0) is 19.6 Å². The van der Waals surface area contributed by atoms with Gasteiger partial charge in [-0.25, -0.2) is 8.42 Å². The van der Waals surface area contributed by atoms with Crippen LogP contribution in [0.5, 0.6) is 0 Å². The molecule has 16 heavy (non-hydrogen) atoms. The number of β-amino-alcohol motifs (C(OH)–C–C–N with tert-alkyl or cyclic N) is 1. The van der Waals surface area contributed by atoms with E-state index in [0.29, 0.717) is 13.0 Å². The van der Waals surface area contributed by atoms with Crippen LogP contribution in [-0.4, -0.2) is 55.9 Å². The molecule has 0 aromatic rings. The minimum absolute atomic E-state index is 0.121. The first-order chi connectivity index (χ1) is 7.36. The molecular weight excluding hydrogens is 234 g/mol. The number of aliphatic hydroxyl groups excluding tert-OH is 1. The molecular formula is C9H17NO5S. The van der Waals surface area contributed by atoms with Gasteiger partial charge in [0.2, 0.25) is 10.0 Å². The number of sulfonamides is 1. The van der Waals surface area contributed by atoms with E-state index < -0.39 is 28.0 Å². The second kappa shape index (κ2) is 5.11. The molecule has 1 unspecified atom stereocenters. The van der Waals surface area contributed by atoms with Gasteiger partial charge in [-0.15, -0.1) is 0 Å². The Morgan fingerprint density at radius 3 is 2.69 bits per heavy atom.